The van der Waals surface area contributed by atoms with E-state index in [1.807, 2.05) is 85.8 Å². The highest BCUT2D eigenvalue weighted by molar-refractivity contribution is 6.30. The molecule has 6 heteroatoms. The molecule has 0 radical (unpaired) electrons. The van der Waals surface area contributed by atoms with E-state index in [1.54, 1.807) is 0 Å². The molecule has 2 unspecified atom stereocenters. The van der Waals surface area contributed by atoms with Crippen LogP contribution in [-0.4, -0.2) is 41.4 Å². The number of carbonyl (C=O) groups is 2. The van der Waals surface area contributed by atoms with Gasteiger partial charge in [0.05, 0.1) is 12.5 Å². The number of fused-ring (bicyclic) bond motifs is 2. The van der Waals surface area contributed by atoms with E-state index in [-0.39, 0.29) is 12.5 Å². The highest BCUT2D eigenvalue weighted by Crippen LogP contribution is 2.59. The van der Waals surface area contributed by atoms with Crippen molar-refractivity contribution in [1.82, 2.24) is 4.90 Å². The SMILES string of the molecule is Cc1cccc(COC23OC(=O)C(=O)OC2(C(c2ccccc2)c2ccccc2)N2CCC3CC2)c1. The monoisotopic (exact) mass is 483 g/mol. The van der Waals surface area contributed by atoms with Crippen molar-refractivity contribution < 1.29 is 23.8 Å². The summed E-state index contributed by atoms with van der Waals surface area (Å²) in [5.74, 6) is -3.97. The molecule has 0 aliphatic carbocycles. The number of esters is 2. The van der Waals surface area contributed by atoms with Crippen molar-refractivity contribution in [3.8, 4) is 0 Å². The van der Waals surface area contributed by atoms with Crippen LogP contribution < -0.4 is 0 Å². The third-order valence-electron chi connectivity index (χ3n) is 7.85. The van der Waals surface area contributed by atoms with Gasteiger partial charge in [0.1, 0.15) is 0 Å². The summed E-state index contributed by atoms with van der Waals surface area (Å²) in [5.41, 5.74) is 2.67. The van der Waals surface area contributed by atoms with Gasteiger partial charge in [-0.2, -0.15) is 0 Å². The van der Waals surface area contributed by atoms with E-state index < -0.39 is 29.4 Å². The average molecular weight is 484 g/mol. The first-order valence-corrected chi connectivity index (χ1v) is 12.5. The van der Waals surface area contributed by atoms with Crippen molar-refractivity contribution in [3.63, 3.8) is 0 Å². The number of hydrogen-bond donors (Lipinski definition) is 0. The van der Waals surface area contributed by atoms with Crippen LogP contribution in [0, 0.1) is 12.8 Å². The molecule has 4 aliphatic rings. The molecule has 4 saturated heterocycles. The maximum absolute atomic E-state index is 13.0. The average Bonchev–Trinajstić information content (AvgIpc) is 2.91. The first-order chi connectivity index (χ1) is 17.5. The summed E-state index contributed by atoms with van der Waals surface area (Å²) in [4.78, 5) is 28.0. The maximum Gasteiger partial charge on any atom is 0.420 e. The fourth-order valence-corrected chi connectivity index (χ4v) is 6.38. The highest BCUT2D eigenvalue weighted by Gasteiger charge is 2.76. The number of carbonyl (C=O) groups excluding carboxylic acids is 2. The van der Waals surface area contributed by atoms with Crippen molar-refractivity contribution in [2.24, 2.45) is 5.92 Å². The van der Waals surface area contributed by atoms with E-state index in [0.29, 0.717) is 0 Å². The van der Waals surface area contributed by atoms with Gasteiger partial charge in [-0.05, 0) is 36.5 Å². The van der Waals surface area contributed by atoms with Crippen LogP contribution in [0.1, 0.15) is 41.0 Å². The van der Waals surface area contributed by atoms with Crippen molar-refractivity contribution in [1.29, 1.82) is 0 Å². The maximum atomic E-state index is 13.0. The number of aryl methyl sites for hydroxylation is 1. The Bertz CT molecular complexity index is 1230. The van der Waals surface area contributed by atoms with Crippen LogP contribution >= 0.6 is 0 Å². The lowest BCUT2D eigenvalue weighted by Crippen LogP contribution is -2.82. The van der Waals surface area contributed by atoms with Gasteiger partial charge in [-0.1, -0.05) is 90.5 Å². The molecule has 0 saturated carbocycles. The molecule has 7 rings (SSSR count). The minimum atomic E-state index is -1.45. The van der Waals surface area contributed by atoms with Crippen LogP contribution in [0.5, 0.6) is 0 Å². The van der Waals surface area contributed by atoms with Gasteiger partial charge in [0.2, 0.25) is 5.72 Å². The van der Waals surface area contributed by atoms with Gasteiger partial charge in [0.15, 0.2) is 0 Å². The lowest BCUT2D eigenvalue weighted by atomic mass is 9.66. The van der Waals surface area contributed by atoms with Crippen LogP contribution in [0.15, 0.2) is 84.9 Å². The van der Waals surface area contributed by atoms with E-state index in [2.05, 4.69) is 11.0 Å². The van der Waals surface area contributed by atoms with Gasteiger partial charge < -0.3 is 14.2 Å². The van der Waals surface area contributed by atoms with Gasteiger partial charge in [0.25, 0.3) is 5.79 Å². The molecule has 0 N–H and O–H groups in total. The molecule has 0 amide bonds. The normalized spacial score (nSPS) is 28.9. The van der Waals surface area contributed by atoms with Gasteiger partial charge >= 0.3 is 11.9 Å². The van der Waals surface area contributed by atoms with Gasteiger partial charge in [-0.15, -0.1) is 0 Å². The van der Waals surface area contributed by atoms with Crippen molar-refractivity contribution in [3.05, 3.63) is 107 Å². The lowest BCUT2D eigenvalue weighted by molar-refractivity contribution is -0.417. The molecule has 3 aromatic carbocycles. The molecule has 2 atom stereocenters. The number of benzene rings is 3. The quantitative estimate of drug-likeness (QED) is 0.378. The predicted octanol–water partition coefficient (Wildman–Crippen LogP) is 4.56. The molecule has 0 aromatic heterocycles. The Balaban J connectivity index is 1.56. The minimum Gasteiger partial charge on any atom is -0.427 e. The van der Waals surface area contributed by atoms with Gasteiger partial charge in [0, 0.05) is 19.0 Å². The summed E-state index contributed by atoms with van der Waals surface area (Å²) < 4.78 is 19.2. The summed E-state index contributed by atoms with van der Waals surface area (Å²) in [6, 6.07) is 28.0. The predicted molar refractivity (Wildman–Crippen MR) is 133 cm³/mol. The molecular formula is C30H29NO5. The Labute approximate surface area is 210 Å². The third-order valence-corrected chi connectivity index (χ3v) is 7.85. The molecule has 6 nitrogen and oxygen atoms in total. The van der Waals surface area contributed by atoms with E-state index in [1.165, 1.54) is 0 Å². The Hall–Kier alpha value is -3.48. The highest BCUT2D eigenvalue weighted by atomic mass is 16.8. The molecular weight excluding hydrogens is 454 g/mol. The summed E-state index contributed by atoms with van der Waals surface area (Å²) in [5, 5.41) is 0. The van der Waals surface area contributed by atoms with E-state index in [4.69, 9.17) is 14.2 Å². The first kappa shape index (κ1) is 23.0. The standard InChI is InChI=1S/C30H29NO5/c1-21-9-8-10-22(19-21)20-34-30-25-15-17-31(18-16-25)29(30,35-27(32)28(33)36-30)26(23-11-4-2-5-12-23)24-13-6-3-7-14-24/h2-14,19,25-26H,15-18,20H2,1H3. The number of nitrogens with zero attached hydrogens (tertiary/aromatic N) is 1. The second-order valence-corrected chi connectivity index (χ2v) is 9.94. The fourth-order valence-electron chi connectivity index (χ4n) is 6.38. The summed E-state index contributed by atoms with van der Waals surface area (Å²) in [7, 11) is 0. The second kappa shape index (κ2) is 8.87. The second-order valence-electron chi connectivity index (χ2n) is 9.94. The van der Waals surface area contributed by atoms with Gasteiger partial charge in [-0.3, -0.25) is 4.90 Å². The van der Waals surface area contributed by atoms with Crippen LogP contribution in [0.25, 0.3) is 0 Å². The molecule has 2 bridgehead atoms. The summed E-state index contributed by atoms with van der Waals surface area (Å²) >= 11 is 0. The molecule has 4 heterocycles. The largest absolute Gasteiger partial charge is 0.427 e. The number of rotatable bonds is 6. The van der Waals surface area contributed by atoms with Gasteiger partial charge in [-0.25, -0.2) is 9.59 Å². The van der Waals surface area contributed by atoms with Crippen LogP contribution in [0.4, 0.5) is 0 Å². The van der Waals surface area contributed by atoms with Crippen molar-refractivity contribution in [2.75, 3.05) is 13.1 Å². The number of hydrogen-bond acceptors (Lipinski definition) is 6. The van der Waals surface area contributed by atoms with E-state index >= 15 is 0 Å². The number of piperidine rings is 3. The third kappa shape index (κ3) is 3.47. The fraction of sp³-hybridized carbons (Fsp3) is 0.333. The van der Waals surface area contributed by atoms with Crippen molar-refractivity contribution >= 4 is 11.9 Å². The summed E-state index contributed by atoms with van der Waals surface area (Å²) in [6.45, 7) is 3.71. The molecule has 4 aliphatic heterocycles. The Kier molecular flexibility index (Phi) is 5.66. The zero-order chi connectivity index (χ0) is 24.8. The smallest absolute Gasteiger partial charge is 0.420 e. The molecule has 0 spiro atoms. The van der Waals surface area contributed by atoms with E-state index in [0.717, 1.165) is 48.2 Å². The van der Waals surface area contributed by atoms with Crippen molar-refractivity contribution in [2.45, 2.75) is 43.8 Å². The Morgan fingerprint density at radius 3 is 2.08 bits per heavy atom. The minimum absolute atomic E-state index is 0.112. The molecule has 36 heavy (non-hydrogen) atoms. The zero-order valence-electron chi connectivity index (χ0n) is 20.3. The lowest BCUT2D eigenvalue weighted by Gasteiger charge is -2.65. The van der Waals surface area contributed by atoms with Crippen LogP contribution in [0.2, 0.25) is 0 Å². The first-order valence-electron chi connectivity index (χ1n) is 12.5. The topological polar surface area (TPSA) is 65.1 Å². The zero-order valence-corrected chi connectivity index (χ0v) is 20.3. The molecule has 4 fully saturated rings. The van der Waals surface area contributed by atoms with Crippen LogP contribution in [-0.2, 0) is 30.4 Å². The van der Waals surface area contributed by atoms with Crippen LogP contribution in [0.3, 0.4) is 0 Å². The summed E-state index contributed by atoms with van der Waals surface area (Å²) in [6.07, 6.45) is 1.58. The van der Waals surface area contributed by atoms with E-state index in [9.17, 15) is 9.59 Å². The number of ether oxygens (including phenoxy) is 3. The Morgan fingerprint density at radius 1 is 0.861 bits per heavy atom. The molecule has 184 valence electrons. The Morgan fingerprint density at radius 2 is 1.47 bits per heavy atom. The molecule has 3 aromatic rings.